The van der Waals surface area contributed by atoms with Gasteiger partial charge in [0.2, 0.25) is 0 Å². The number of ketones is 1. The van der Waals surface area contributed by atoms with Gasteiger partial charge in [0.15, 0.2) is 10.9 Å². The largest absolute Gasteiger partial charge is 0.396 e. The second-order valence-electron chi connectivity index (χ2n) is 4.00. The van der Waals surface area contributed by atoms with Crippen LogP contribution in [-0.4, -0.2) is 19.2 Å². The highest BCUT2D eigenvalue weighted by Crippen LogP contribution is 2.28. The molecule has 0 bridgehead atoms. The van der Waals surface area contributed by atoms with Crippen molar-refractivity contribution in [2.24, 2.45) is 0 Å². The van der Waals surface area contributed by atoms with Crippen LogP contribution in [0.3, 0.4) is 0 Å². The Kier molecular flexibility index (Phi) is 4.17. The van der Waals surface area contributed by atoms with E-state index in [1.54, 1.807) is 0 Å². The Morgan fingerprint density at radius 2 is 2.14 bits per heavy atom. The summed E-state index contributed by atoms with van der Waals surface area (Å²) in [5.74, 6) is -1.10. The molecule has 2 rings (SSSR count). The first-order valence-electron chi connectivity index (χ1n) is 5.44. The first kappa shape index (κ1) is 15.7. The van der Waals surface area contributed by atoms with E-state index in [1.807, 2.05) is 0 Å². The fourth-order valence-corrected chi connectivity index (χ4v) is 3.96. The fraction of sp³-hybridized carbons (Fsp3) is 0.0909. The van der Waals surface area contributed by atoms with E-state index in [0.717, 1.165) is 23.5 Å². The highest BCUT2D eigenvalue weighted by Gasteiger charge is 2.22. The van der Waals surface area contributed by atoms with Crippen molar-refractivity contribution in [2.45, 2.75) is 11.8 Å². The normalized spacial score (nSPS) is 11.4. The molecular weight excluding hydrogens is 341 g/mol. The molecule has 2 aromatic rings. The topological polar surface area (TPSA) is 102 Å². The third-order valence-corrected chi connectivity index (χ3v) is 5.12. The number of nitrogens with one attached hydrogen (secondary N) is 1. The van der Waals surface area contributed by atoms with Gasteiger partial charge in [-0.05, 0) is 12.1 Å². The minimum Gasteiger partial charge on any atom is -0.396 e. The summed E-state index contributed by atoms with van der Waals surface area (Å²) >= 11 is 6.66. The van der Waals surface area contributed by atoms with E-state index in [4.69, 9.17) is 17.3 Å². The highest BCUT2D eigenvalue weighted by molar-refractivity contribution is 7.93. The molecule has 0 saturated carbocycles. The van der Waals surface area contributed by atoms with Crippen LogP contribution in [0.2, 0.25) is 5.02 Å². The average Bonchev–Trinajstić information content (AvgIpc) is 2.81. The molecule has 0 unspecified atom stereocenters. The molecule has 1 aromatic heterocycles. The predicted octanol–water partition coefficient (Wildman–Crippen LogP) is 2.52. The maximum absolute atomic E-state index is 13.2. The molecule has 0 amide bonds. The molecule has 10 heteroatoms. The van der Waals surface area contributed by atoms with Crippen LogP contribution in [0.1, 0.15) is 17.4 Å². The molecule has 1 aromatic carbocycles. The Morgan fingerprint density at radius 1 is 1.48 bits per heavy atom. The molecule has 0 aliphatic rings. The van der Waals surface area contributed by atoms with Gasteiger partial charge >= 0.3 is 0 Å². The quantitative estimate of drug-likeness (QED) is 0.652. The van der Waals surface area contributed by atoms with Gasteiger partial charge in [0.25, 0.3) is 10.0 Å². The number of halogens is 2. The number of hydrogen-bond donors (Lipinski definition) is 2. The van der Waals surface area contributed by atoms with Crippen molar-refractivity contribution in [3.63, 3.8) is 0 Å². The smallest absolute Gasteiger partial charge is 0.265 e. The van der Waals surface area contributed by atoms with Gasteiger partial charge in [-0.1, -0.05) is 11.6 Å². The standard InChI is InChI=1S/C11H9ClFN3O3S2/c1-5(17)9-4-20-11(15-9)16-21(18,19)10-3-8(14)7(13)2-6(10)12/h2-4H,14H2,1H3,(H,15,16). The zero-order valence-corrected chi connectivity index (χ0v) is 12.9. The van der Waals surface area contributed by atoms with E-state index in [2.05, 4.69) is 9.71 Å². The molecule has 0 aliphatic heterocycles. The Hall–Kier alpha value is -1.71. The number of hydrogen-bond acceptors (Lipinski definition) is 6. The molecule has 0 saturated heterocycles. The van der Waals surface area contributed by atoms with Crippen LogP contribution in [0.5, 0.6) is 0 Å². The van der Waals surface area contributed by atoms with Gasteiger partial charge in [-0.3, -0.25) is 9.52 Å². The molecule has 6 nitrogen and oxygen atoms in total. The number of nitrogens with zero attached hydrogens (tertiary/aromatic N) is 1. The van der Waals surface area contributed by atoms with Crippen molar-refractivity contribution >= 4 is 49.6 Å². The molecule has 21 heavy (non-hydrogen) atoms. The SMILES string of the molecule is CC(=O)c1csc(NS(=O)(=O)c2cc(N)c(F)cc2Cl)n1. The molecule has 0 fully saturated rings. The second kappa shape index (κ2) is 5.58. The fourth-order valence-electron chi connectivity index (χ4n) is 1.40. The summed E-state index contributed by atoms with van der Waals surface area (Å²) in [6.45, 7) is 1.31. The van der Waals surface area contributed by atoms with E-state index < -0.39 is 15.8 Å². The number of thiazole rings is 1. The zero-order valence-electron chi connectivity index (χ0n) is 10.6. The van der Waals surface area contributed by atoms with Gasteiger partial charge in [0.05, 0.1) is 10.7 Å². The summed E-state index contributed by atoms with van der Waals surface area (Å²) in [6.07, 6.45) is 0. The number of aromatic nitrogens is 1. The van der Waals surface area contributed by atoms with Crippen molar-refractivity contribution in [1.82, 2.24) is 4.98 Å². The van der Waals surface area contributed by atoms with E-state index in [1.165, 1.54) is 12.3 Å². The van der Waals surface area contributed by atoms with Crippen LogP contribution >= 0.6 is 22.9 Å². The van der Waals surface area contributed by atoms with Crippen LogP contribution in [0.15, 0.2) is 22.4 Å². The summed E-state index contributed by atoms with van der Waals surface area (Å²) in [5, 5.41) is 1.11. The first-order chi connectivity index (χ1) is 9.70. The van der Waals surface area contributed by atoms with Crippen LogP contribution in [0.4, 0.5) is 15.2 Å². The number of nitrogens with two attached hydrogens (primary N) is 1. The number of carbonyl (C=O) groups is 1. The Balaban J connectivity index is 2.38. The molecule has 0 spiro atoms. The van der Waals surface area contributed by atoms with Crippen LogP contribution < -0.4 is 10.5 Å². The molecule has 0 radical (unpaired) electrons. The number of rotatable bonds is 4. The minimum absolute atomic E-state index is 0.000775. The molecule has 3 N–H and O–H groups in total. The number of anilines is 2. The average molecular weight is 350 g/mol. The maximum Gasteiger partial charge on any atom is 0.265 e. The zero-order chi connectivity index (χ0) is 15.8. The number of sulfonamides is 1. The molecule has 0 atom stereocenters. The highest BCUT2D eigenvalue weighted by atomic mass is 35.5. The van der Waals surface area contributed by atoms with Gasteiger partial charge in [0.1, 0.15) is 16.4 Å². The van der Waals surface area contributed by atoms with Crippen LogP contribution in [0.25, 0.3) is 0 Å². The molecular formula is C11H9ClFN3O3S2. The van der Waals surface area contributed by atoms with Crippen molar-refractivity contribution in [3.8, 4) is 0 Å². The number of Topliss-reactive ketones (excluding diaryl/α,β-unsaturated/α-hetero) is 1. The Bertz CT molecular complexity index is 820. The maximum atomic E-state index is 13.2. The van der Waals surface area contributed by atoms with Crippen molar-refractivity contribution in [3.05, 3.63) is 34.0 Å². The Morgan fingerprint density at radius 3 is 2.71 bits per heavy atom. The van der Waals surface area contributed by atoms with E-state index in [-0.39, 0.29) is 32.2 Å². The second-order valence-corrected chi connectivity index (χ2v) is 6.92. The van der Waals surface area contributed by atoms with Crippen molar-refractivity contribution in [1.29, 1.82) is 0 Å². The lowest BCUT2D eigenvalue weighted by Crippen LogP contribution is -2.14. The molecule has 0 aliphatic carbocycles. The number of nitrogen functional groups attached to an aromatic ring is 1. The van der Waals surface area contributed by atoms with E-state index in [9.17, 15) is 17.6 Å². The summed E-state index contributed by atoms with van der Waals surface area (Å²) in [5.41, 5.74) is 5.14. The number of carbonyl (C=O) groups excluding carboxylic acids is 1. The van der Waals surface area contributed by atoms with Crippen molar-refractivity contribution in [2.75, 3.05) is 10.5 Å². The first-order valence-corrected chi connectivity index (χ1v) is 8.18. The number of benzene rings is 1. The summed E-state index contributed by atoms with van der Waals surface area (Å²) in [4.78, 5) is 14.6. The van der Waals surface area contributed by atoms with Crippen LogP contribution in [-0.2, 0) is 10.0 Å². The lowest BCUT2D eigenvalue weighted by molar-refractivity contribution is 0.101. The molecule has 1 heterocycles. The summed E-state index contributed by atoms with van der Waals surface area (Å²) in [7, 11) is -4.09. The lowest BCUT2D eigenvalue weighted by Gasteiger charge is -2.08. The van der Waals surface area contributed by atoms with Crippen molar-refractivity contribution < 1.29 is 17.6 Å². The van der Waals surface area contributed by atoms with Gasteiger partial charge in [-0.15, -0.1) is 11.3 Å². The lowest BCUT2D eigenvalue weighted by atomic mass is 10.3. The monoisotopic (exact) mass is 349 g/mol. The van der Waals surface area contributed by atoms with Gasteiger partial charge in [-0.25, -0.2) is 17.8 Å². The van der Waals surface area contributed by atoms with Gasteiger partial charge in [0, 0.05) is 12.3 Å². The van der Waals surface area contributed by atoms with E-state index in [0.29, 0.717) is 0 Å². The summed E-state index contributed by atoms with van der Waals surface area (Å²) in [6, 6.07) is 1.73. The van der Waals surface area contributed by atoms with E-state index >= 15 is 0 Å². The minimum atomic E-state index is -4.09. The Labute approximate surface area is 128 Å². The van der Waals surface area contributed by atoms with Gasteiger partial charge in [-0.2, -0.15) is 0 Å². The predicted molar refractivity (Wildman–Crippen MR) is 78.7 cm³/mol. The third kappa shape index (κ3) is 3.31. The van der Waals surface area contributed by atoms with Gasteiger partial charge < -0.3 is 5.73 Å². The third-order valence-electron chi connectivity index (χ3n) is 2.43. The summed E-state index contributed by atoms with van der Waals surface area (Å²) < 4.78 is 39.7. The van der Waals surface area contributed by atoms with Crippen LogP contribution in [0, 0.1) is 5.82 Å². The molecule has 112 valence electrons.